The molecule has 0 bridgehead atoms. The molecule has 0 saturated carbocycles. The van der Waals surface area contributed by atoms with Crippen LogP contribution in [0.15, 0.2) is 42.5 Å². The van der Waals surface area contributed by atoms with Crippen molar-refractivity contribution in [3.63, 3.8) is 0 Å². The van der Waals surface area contributed by atoms with Crippen LogP contribution in [0.5, 0.6) is 5.75 Å². The van der Waals surface area contributed by atoms with Crippen molar-refractivity contribution in [3.05, 3.63) is 59.4 Å². The average Bonchev–Trinajstić information content (AvgIpc) is 2.90. The van der Waals surface area contributed by atoms with Crippen molar-refractivity contribution < 1.29 is 13.2 Å². The molecule has 0 unspecified atom stereocenters. The summed E-state index contributed by atoms with van der Waals surface area (Å²) in [6.45, 7) is 5.30. The lowest BCUT2D eigenvalue weighted by Crippen LogP contribution is -2.11. The Labute approximate surface area is 154 Å². The number of sulfone groups is 1. The second-order valence-electron chi connectivity index (χ2n) is 6.71. The fourth-order valence-electron chi connectivity index (χ4n) is 2.99. The van der Waals surface area contributed by atoms with Crippen LogP contribution in [0.25, 0.3) is 11.0 Å². The predicted molar refractivity (Wildman–Crippen MR) is 104 cm³/mol. The van der Waals surface area contributed by atoms with Gasteiger partial charge in [0.15, 0.2) is 9.84 Å². The maximum absolute atomic E-state index is 11.7. The van der Waals surface area contributed by atoms with E-state index >= 15 is 0 Å². The highest BCUT2D eigenvalue weighted by Gasteiger charge is 2.15. The standard InChI is InChI=1S/C20H24N2O3S/c1-15-9-10-16(2)19(13-15)25-12-6-11-22-18-8-5-4-7-17(18)21-20(22)14-26(3,23)24/h4-5,7-10,13H,6,11-12,14H2,1-3H3. The van der Waals surface area contributed by atoms with Crippen LogP contribution in [0.3, 0.4) is 0 Å². The van der Waals surface area contributed by atoms with Gasteiger partial charge in [0, 0.05) is 12.8 Å². The lowest BCUT2D eigenvalue weighted by atomic mass is 10.1. The van der Waals surface area contributed by atoms with Crippen LogP contribution in [0.1, 0.15) is 23.4 Å². The summed E-state index contributed by atoms with van der Waals surface area (Å²) >= 11 is 0. The van der Waals surface area contributed by atoms with Gasteiger partial charge in [-0.1, -0.05) is 24.3 Å². The smallest absolute Gasteiger partial charge is 0.154 e. The summed E-state index contributed by atoms with van der Waals surface area (Å²) in [5.41, 5.74) is 4.06. The van der Waals surface area contributed by atoms with Crippen LogP contribution in [-0.4, -0.2) is 30.8 Å². The Morgan fingerprint density at radius 1 is 1.12 bits per heavy atom. The summed E-state index contributed by atoms with van der Waals surface area (Å²) in [6.07, 6.45) is 2.00. The number of imidazole rings is 1. The molecule has 0 saturated heterocycles. The number of aryl methyl sites for hydroxylation is 3. The van der Waals surface area contributed by atoms with E-state index in [2.05, 4.69) is 17.1 Å². The van der Waals surface area contributed by atoms with E-state index in [0.717, 1.165) is 28.8 Å². The zero-order valence-corrected chi connectivity index (χ0v) is 16.2. The normalized spacial score (nSPS) is 11.8. The maximum atomic E-state index is 11.7. The number of rotatable bonds is 7. The molecule has 3 aromatic rings. The minimum absolute atomic E-state index is 0.0560. The number of aromatic nitrogens is 2. The summed E-state index contributed by atoms with van der Waals surface area (Å²) in [7, 11) is -3.15. The SMILES string of the molecule is Cc1ccc(C)c(OCCCn2c(CS(C)(=O)=O)nc3ccccc32)c1. The van der Waals surface area contributed by atoms with Gasteiger partial charge in [-0.25, -0.2) is 13.4 Å². The zero-order chi connectivity index (χ0) is 18.7. The molecule has 5 nitrogen and oxygen atoms in total. The molecule has 0 aliphatic carbocycles. The molecule has 0 atom stereocenters. The molecule has 0 radical (unpaired) electrons. The molecule has 6 heteroatoms. The van der Waals surface area contributed by atoms with Crippen molar-refractivity contribution in [1.82, 2.24) is 9.55 Å². The van der Waals surface area contributed by atoms with Crippen molar-refractivity contribution in [3.8, 4) is 5.75 Å². The first kappa shape index (κ1) is 18.5. The van der Waals surface area contributed by atoms with Crippen molar-refractivity contribution in [2.75, 3.05) is 12.9 Å². The summed E-state index contributed by atoms with van der Waals surface area (Å²) in [6, 6.07) is 13.9. The Bertz CT molecular complexity index is 1020. The van der Waals surface area contributed by atoms with E-state index in [4.69, 9.17) is 4.74 Å². The van der Waals surface area contributed by atoms with Gasteiger partial charge in [-0.05, 0) is 49.6 Å². The van der Waals surface area contributed by atoms with Gasteiger partial charge in [0.25, 0.3) is 0 Å². The lowest BCUT2D eigenvalue weighted by molar-refractivity contribution is 0.300. The lowest BCUT2D eigenvalue weighted by Gasteiger charge is -2.12. The fourth-order valence-corrected chi connectivity index (χ4v) is 3.68. The highest BCUT2D eigenvalue weighted by atomic mass is 32.2. The molecule has 0 amide bonds. The maximum Gasteiger partial charge on any atom is 0.154 e. The van der Waals surface area contributed by atoms with Crippen LogP contribution >= 0.6 is 0 Å². The molecule has 26 heavy (non-hydrogen) atoms. The largest absolute Gasteiger partial charge is 0.493 e. The van der Waals surface area contributed by atoms with Crippen molar-refractivity contribution in [2.45, 2.75) is 32.6 Å². The minimum atomic E-state index is -3.15. The molecule has 0 aliphatic heterocycles. The topological polar surface area (TPSA) is 61.2 Å². The van der Waals surface area contributed by atoms with Crippen LogP contribution in [0.2, 0.25) is 0 Å². The molecule has 138 valence electrons. The Kier molecular flexibility index (Phi) is 5.32. The highest BCUT2D eigenvalue weighted by Crippen LogP contribution is 2.21. The molecular formula is C20H24N2O3S. The number of benzene rings is 2. The van der Waals surface area contributed by atoms with E-state index in [9.17, 15) is 8.42 Å². The third-order valence-corrected chi connectivity index (χ3v) is 5.03. The van der Waals surface area contributed by atoms with Gasteiger partial charge in [-0.2, -0.15) is 0 Å². The summed E-state index contributed by atoms with van der Waals surface area (Å²) in [5.74, 6) is 1.43. The molecule has 3 rings (SSSR count). The monoisotopic (exact) mass is 372 g/mol. The Hall–Kier alpha value is -2.34. The quantitative estimate of drug-likeness (QED) is 0.594. The predicted octanol–water partition coefficient (Wildman–Crippen LogP) is 3.67. The van der Waals surface area contributed by atoms with E-state index < -0.39 is 9.84 Å². The third kappa shape index (κ3) is 4.43. The number of hydrogen-bond donors (Lipinski definition) is 0. The van der Waals surface area contributed by atoms with Gasteiger partial charge in [-0.15, -0.1) is 0 Å². The molecule has 1 aromatic heterocycles. The van der Waals surface area contributed by atoms with Crippen LogP contribution in [0.4, 0.5) is 0 Å². The van der Waals surface area contributed by atoms with Crippen molar-refractivity contribution >= 4 is 20.9 Å². The van der Waals surface area contributed by atoms with E-state index in [0.29, 0.717) is 19.0 Å². The first-order valence-corrected chi connectivity index (χ1v) is 10.7. The first-order valence-electron chi connectivity index (χ1n) is 8.65. The van der Waals surface area contributed by atoms with E-state index in [1.54, 1.807) is 0 Å². The van der Waals surface area contributed by atoms with Gasteiger partial charge >= 0.3 is 0 Å². The third-order valence-electron chi connectivity index (χ3n) is 4.25. The average molecular weight is 372 g/mol. The zero-order valence-electron chi connectivity index (χ0n) is 15.4. The van der Waals surface area contributed by atoms with Crippen LogP contribution in [-0.2, 0) is 22.1 Å². The first-order chi connectivity index (χ1) is 12.3. The number of nitrogens with zero attached hydrogens (tertiary/aromatic N) is 2. The number of ether oxygens (including phenoxy) is 1. The molecule has 0 aliphatic rings. The van der Waals surface area contributed by atoms with Gasteiger partial charge in [0.1, 0.15) is 17.3 Å². The second kappa shape index (κ2) is 7.50. The van der Waals surface area contributed by atoms with Gasteiger partial charge < -0.3 is 9.30 Å². The van der Waals surface area contributed by atoms with Crippen molar-refractivity contribution in [1.29, 1.82) is 0 Å². The molecule has 0 N–H and O–H groups in total. The second-order valence-corrected chi connectivity index (χ2v) is 8.85. The summed E-state index contributed by atoms with van der Waals surface area (Å²) < 4.78 is 31.4. The Morgan fingerprint density at radius 2 is 1.88 bits per heavy atom. The molecule has 1 heterocycles. The van der Waals surface area contributed by atoms with Crippen LogP contribution in [0, 0.1) is 13.8 Å². The number of para-hydroxylation sites is 2. The molecule has 0 spiro atoms. The Morgan fingerprint density at radius 3 is 2.65 bits per heavy atom. The van der Waals surface area contributed by atoms with Gasteiger partial charge in [-0.3, -0.25) is 0 Å². The number of fused-ring (bicyclic) bond motifs is 1. The highest BCUT2D eigenvalue weighted by molar-refractivity contribution is 7.89. The van der Waals surface area contributed by atoms with Crippen LogP contribution < -0.4 is 4.74 Å². The summed E-state index contributed by atoms with van der Waals surface area (Å²) in [4.78, 5) is 4.50. The summed E-state index contributed by atoms with van der Waals surface area (Å²) in [5, 5.41) is 0. The van der Waals surface area contributed by atoms with E-state index in [1.165, 1.54) is 11.8 Å². The van der Waals surface area contributed by atoms with E-state index in [1.807, 2.05) is 48.7 Å². The van der Waals surface area contributed by atoms with Gasteiger partial charge in [0.05, 0.1) is 17.6 Å². The minimum Gasteiger partial charge on any atom is -0.493 e. The molecular weight excluding hydrogens is 348 g/mol. The fraction of sp³-hybridized carbons (Fsp3) is 0.350. The number of hydrogen-bond acceptors (Lipinski definition) is 4. The van der Waals surface area contributed by atoms with E-state index in [-0.39, 0.29) is 5.75 Å². The van der Waals surface area contributed by atoms with Crippen molar-refractivity contribution in [2.24, 2.45) is 0 Å². The molecule has 2 aromatic carbocycles. The Balaban J connectivity index is 1.73. The molecule has 0 fully saturated rings. The van der Waals surface area contributed by atoms with Gasteiger partial charge in [0.2, 0.25) is 0 Å².